The van der Waals surface area contributed by atoms with Gasteiger partial charge in [0.2, 0.25) is 11.8 Å². The molecule has 2 heterocycles. The van der Waals surface area contributed by atoms with Crippen LogP contribution >= 0.6 is 11.5 Å². The zero-order chi connectivity index (χ0) is 27.0. The molecule has 5 rings (SSSR count). The topological polar surface area (TPSA) is 129 Å². The van der Waals surface area contributed by atoms with E-state index in [2.05, 4.69) is 9.69 Å². The third-order valence-corrected chi connectivity index (χ3v) is 7.91. The Hall–Kier alpha value is -4.25. The van der Waals surface area contributed by atoms with Gasteiger partial charge in [0.25, 0.3) is 0 Å². The fraction of sp³-hybridized carbons (Fsp3) is 0.296. The first-order chi connectivity index (χ1) is 18.2. The predicted octanol–water partition coefficient (Wildman–Crippen LogP) is 4.26. The van der Waals surface area contributed by atoms with Crippen LogP contribution < -0.4 is 15.1 Å². The number of nitrogens with one attached hydrogen (secondary N) is 1. The average molecular weight is 535 g/mol. The van der Waals surface area contributed by atoms with E-state index in [1.165, 1.54) is 9.80 Å². The van der Waals surface area contributed by atoms with E-state index in [0.29, 0.717) is 40.5 Å². The van der Waals surface area contributed by atoms with Crippen LogP contribution in [0.15, 0.2) is 54.6 Å². The number of anilines is 3. The molecule has 2 aromatic carbocycles. The van der Waals surface area contributed by atoms with Gasteiger partial charge in [-0.2, -0.15) is 4.37 Å². The number of aryl methyl sites for hydroxylation is 1. The Balaban J connectivity index is 1.28. The van der Waals surface area contributed by atoms with E-state index in [4.69, 9.17) is 4.74 Å². The van der Waals surface area contributed by atoms with Crippen molar-refractivity contribution in [2.75, 3.05) is 28.2 Å². The number of aromatic nitrogens is 1. The van der Waals surface area contributed by atoms with Crippen LogP contribution in [0.5, 0.6) is 0 Å². The van der Waals surface area contributed by atoms with Gasteiger partial charge in [-0.05, 0) is 61.5 Å². The molecule has 1 atom stereocenters. The summed E-state index contributed by atoms with van der Waals surface area (Å²) in [6.07, 6.45) is -0.0180. The van der Waals surface area contributed by atoms with Gasteiger partial charge in [-0.3, -0.25) is 24.6 Å². The number of ether oxygens (including phenoxy) is 1. The Labute approximate surface area is 223 Å². The van der Waals surface area contributed by atoms with Gasteiger partial charge in [0.05, 0.1) is 11.1 Å². The van der Waals surface area contributed by atoms with Crippen LogP contribution in [0.2, 0.25) is 0 Å². The lowest BCUT2D eigenvalue weighted by Gasteiger charge is -2.33. The van der Waals surface area contributed by atoms with Gasteiger partial charge in [0, 0.05) is 5.69 Å². The highest BCUT2D eigenvalue weighted by Crippen LogP contribution is 2.48. The number of rotatable bonds is 7. The second-order valence-electron chi connectivity index (χ2n) is 9.43. The zero-order valence-corrected chi connectivity index (χ0v) is 21.7. The normalized spacial score (nSPS) is 17.2. The summed E-state index contributed by atoms with van der Waals surface area (Å²) in [6, 6.07) is 16.1. The second-order valence-corrected chi connectivity index (χ2v) is 10.2. The van der Waals surface area contributed by atoms with Crippen molar-refractivity contribution in [3.8, 4) is 0 Å². The highest BCUT2D eigenvalue weighted by molar-refractivity contribution is 7.11. The third-order valence-electron chi connectivity index (χ3n) is 6.95. The van der Waals surface area contributed by atoms with Gasteiger partial charge in [0.1, 0.15) is 29.9 Å². The number of carboxylic acids is 1. The smallest absolute Gasteiger partial charge is 0.412 e. The van der Waals surface area contributed by atoms with Gasteiger partial charge in [-0.15, -0.1) is 0 Å². The Kier molecular flexibility index (Phi) is 6.62. The SMILES string of the molecule is Cc1nsc(N2CC(=O)N(c3ccc(C4(C(=O)O)CC4)cc3)CC2=O)c1NC(=O)OC(C)c1ccccc1. The summed E-state index contributed by atoms with van der Waals surface area (Å²) in [4.78, 5) is 53.2. The minimum absolute atomic E-state index is 0.200. The van der Waals surface area contributed by atoms with Crippen LogP contribution in [0, 0.1) is 6.92 Å². The first-order valence-corrected chi connectivity index (χ1v) is 12.9. The average Bonchev–Trinajstić information content (AvgIpc) is 3.65. The van der Waals surface area contributed by atoms with Gasteiger partial charge < -0.3 is 14.7 Å². The molecule has 1 aliphatic heterocycles. The van der Waals surface area contributed by atoms with Crippen LogP contribution in [0.25, 0.3) is 0 Å². The molecule has 10 nitrogen and oxygen atoms in total. The van der Waals surface area contributed by atoms with Crippen molar-refractivity contribution in [3.05, 3.63) is 71.4 Å². The third kappa shape index (κ3) is 4.72. The number of piperazine rings is 1. The molecule has 2 N–H and O–H groups in total. The summed E-state index contributed by atoms with van der Waals surface area (Å²) in [6.45, 7) is 3.03. The highest BCUT2D eigenvalue weighted by atomic mass is 32.1. The molecule has 1 saturated carbocycles. The number of amides is 3. The van der Waals surface area contributed by atoms with E-state index in [0.717, 1.165) is 17.1 Å². The highest BCUT2D eigenvalue weighted by Gasteiger charge is 2.51. The summed E-state index contributed by atoms with van der Waals surface area (Å²) in [7, 11) is 0. The minimum Gasteiger partial charge on any atom is -0.481 e. The molecule has 0 bridgehead atoms. The monoisotopic (exact) mass is 534 g/mol. The van der Waals surface area contributed by atoms with Crippen molar-refractivity contribution in [3.63, 3.8) is 0 Å². The van der Waals surface area contributed by atoms with Crippen molar-refractivity contribution in [2.45, 2.75) is 38.2 Å². The molecule has 1 aromatic heterocycles. The number of hydrogen-bond donors (Lipinski definition) is 2. The van der Waals surface area contributed by atoms with Gasteiger partial charge in [0.15, 0.2) is 0 Å². The first kappa shape index (κ1) is 25.4. The summed E-state index contributed by atoms with van der Waals surface area (Å²) in [5.74, 6) is -1.50. The van der Waals surface area contributed by atoms with E-state index < -0.39 is 23.6 Å². The number of benzene rings is 2. The molecular formula is C27H26N4O6S. The van der Waals surface area contributed by atoms with Gasteiger partial charge >= 0.3 is 12.1 Å². The Morgan fingerprint density at radius 3 is 2.29 bits per heavy atom. The minimum atomic E-state index is -0.854. The fourth-order valence-corrected chi connectivity index (χ4v) is 5.39. The molecule has 3 amide bonds. The van der Waals surface area contributed by atoms with Crippen molar-refractivity contribution in [2.24, 2.45) is 0 Å². The number of nitrogens with zero attached hydrogens (tertiary/aromatic N) is 3. The van der Waals surface area contributed by atoms with Crippen LogP contribution in [-0.2, 0) is 24.5 Å². The molecule has 0 spiro atoms. The van der Waals surface area contributed by atoms with Crippen molar-refractivity contribution in [1.29, 1.82) is 0 Å². The Morgan fingerprint density at radius 1 is 1.03 bits per heavy atom. The van der Waals surface area contributed by atoms with E-state index in [1.54, 1.807) is 38.1 Å². The summed E-state index contributed by atoms with van der Waals surface area (Å²) < 4.78 is 9.77. The van der Waals surface area contributed by atoms with Crippen LogP contribution in [0.4, 0.5) is 21.2 Å². The van der Waals surface area contributed by atoms with Crippen LogP contribution in [0.3, 0.4) is 0 Å². The standard InChI is InChI=1S/C27H26N4O6S/c1-16-23(28-26(36)37-17(2)18-6-4-3-5-7-18)24(38-29-16)31-15-21(32)30(14-22(31)33)20-10-8-19(9-11-20)27(12-13-27)25(34)35/h3-11,17H,12-15H2,1-2H3,(H,28,36)(H,34,35). The van der Waals surface area contributed by atoms with Gasteiger partial charge in [-0.25, -0.2) is 4.79 Å². The van der Waals surface area contributed by atoms with E-state index in [1.807, 2.05) is 30.3 Å². The first-order valence-electron chi connectivity index (χ1n) is 12.1. The van der Waals surface area contributed by atoms with Crippen molar-refractivity contribution < 1.29 is 29.0 Å². The van der Waals surface area contributed by atoms with Crippen LogP contribution in [-0.4, -0.2) is 46.4 Å². The molecule has 0 radical (unpaired) electrons. The number of hydrogen-bond acceptors (Lipinski definition) is 7. The van der Waals surface area contributed by atoms with Crippen molar-refractivity contribution >= 4 is 51.8 Å². The molecule has 2 aliphatic rings. The maximum atomic E-state index is 13.1. The largest absolute Gasteiger partial charge is 0.481 e. The maximum absolute atomic E-state index is 13.1. The van der Waals surface area contributed by atoms with Crippen LogP contribution in [0.1, 0.15) is 42.7 Å². The van der Waals surface area contributed by atoms with E-state index in [9.17, 15) is 24.3 Å². The Morgan fingerprint density at radius 2 is 1.66 bits per heavy atom. The number of carbonyl (C=O) groups excluding carboxylic acids is 3. The van der Waals surface area contributed by atoms with E-state index in [-0.39, 0.29) is 24.9 Å². The lowest BCUT2D eigenvalue weighted by atomic mass is 9.96. The molecule has 38 heavy (non-hydrogen) atoms. The molecule has 1 saturated heterocycles. The number of aliphatic carboxylic acids is 1. The maximum Gasteiger partial charge on any atom is 0.412 e. The molecule has 2 fully saturated rings. The summed E-state index contributed by atoms with van der Waals surface area (Å²) in [5, 5.41) is 12.6. The molecule has 1 unspecified atom stereocenters. The summed E-state index contributed by atoms with van der Waals surface area (Å²) in [5.41, 5.74) is 2.02. The summed E-state index contributed by atoms with van der Waals surface area (Å²) >= 11 is 1.02. The predicted molar refractivity (Wildman–Crippen MR) is 142 cm³/mol. The molecule has 11 heteroatoms. The molecular weight excluding hydrogens is 508 g/mol. The zero-order valence-electron chi connectivity index (χ0n) is 20.8. The van der Waals surface area contributed by atoms with Gasteiger partial charge in [-0.1, -0.05) is 42.5 Å². The number of carbonyl (C=O) groups is 4. The molecule has 196 valence electrons. The lowest BCUT2D eigenvalue weighted by molar-refractivity contribution is -0.140. The van der Waals surface area contributed by atoms with E-state index >= 15 is 0 Å². The second kappa shape index (κ2) is 9.90. The van der Waals surface area contributed by atoms with Crippen molar-refractivity contribution in [1.82, 2.24) is 4.37 Å². The lowest BCUT2D eigenvalue weighted by Crippen LogP contribution is -2.54. The quantitative estimate of drug-likeness (QED) is 0.463. The molecule has 3 aromatic rings. The fourth-order valence-electron chi connectivity index (χ4n) is 4.52. The Bertz CT molecular complexity index is 1400. The number of carboxylic acid groups (broad SMARTS) is 1. The molecule has 1 aliphatic carbocycles.